The molecule has 2 aromatic rings. The lowest BCUT2D eigenvalue weighted by Gasteiger charge is -2.09. The first kappa shape index (κ1) is 17.8. The topological polar surface area (TPSA) is 104 Å². The number of nitrogens with zero attached hydrogens (tertiary/aromatic N) is 1. The van der Waals surface area contributed by atoms with E-state index in [1.54, 1.807) is 30.5 Å². The monoisotopic (exact) mass is 354 g/mol. The number of carbonyl (C=O) groups is 2. The van der Waals surface area contributed by atoms with Gasteiger partial charge in [0.05, 0.1) is 0 Å². The Morgan fingerprint density at radius 1 is 1.04 bits per heavy atom. The standard InChI is InChI=1S/C19H22N4O3/c24-17(21-10-11-22-19(26)16-8-4-5-9-20-16)14-12-13-6-2-1-3-7-15(13)23-18(14)25/h4-5,8-9,12H,1-3,6-7,10-11H2,(H,21,24)(H,22,26)(H,23,25). The van der Waals surface area contributed by atoms with E-state index in [0.717, 1.165) is 43.4 Å². The van der Waals surface area contributed by atoms with Gasteiger partial charge in [-0.2, -0.15) is 0 Å². The molecule has 0 unspecified atom stereocenters. The zero-order valence-corrected chi connectivity index (χ0v) is 14.5. The Morgan fingerprint density at radius 2 is 1.81 bits per heavy atom. The Kier molecular flexibility index (Phi) is 5.78. The minimum atomic E-state index is -0.426. The van der Waals surface area contributed by atoms with Gasteiger partial charge in [-0.3, -0.25) is 19.4 Å². The molecule has 2 amide bonds. The Balaban J connectivity index is 1.54. The number of hydrogen-bond donors (Lipinski definition) is 3. The van der Waals surface area contributed by atoms with Gasteiger partial charge in [-0.15, -0.1) is 0 Å². The van der Waals surface area contributed by atoms with Crippen LogP contribution in [0.5, 0.6) is 0 Å². The van der Waals surface area contributed by atoms with Gasteiger partial charge in [0.2, 0.25) is 0 Å². The van der Waals surface area contributed by atoms with E-state index < -0.39 is 5.91 Å². The SMILES string of the molecule is O=C(NCCNC(=O)c1cc2c([nH]c1=O)CCCCC2)c1ccccn1. The molecule has 0 aromatic carbocycles. The number of rotatable bonds is 5. The molecule has 26 heavy (non-hydrogen) atoms. The molecule has 0 spiro atoms. The van der Waals surface area contributed by atoms with Crippen molar-refractivity contribution >= 4 is 11.8 Å². The molecule has 2 heterocycles. The van der Waals surface area contributed by atoms with Gasteiger partial charge in [0.1, 0.15) is 11.3 Å². The van der Waals surface area contributed by atoms with Gasteiger partial charge >= 0.3 is 0 Å². The molecule has 7 heteroatoms. The summed E-state index contributed by atoms with van der Waals surface area (Å²) in [5.41, 5.74) is 2.09. The van der Waals surface area contributed by atoms with Gasteiger partial charge < -0.3 is 15.6 Å². The second kappa shape index (κ2) is 8.42. The summed E-state index contributed by atoms with van der Waals surface area (Å²) in [4.78, 5) is 43.1. The molecule has 1 aliphatic rings. The highest BCUT2D eigenvalue weighted by Crippen LogP contribution is 2.18. The molecule has 7 nitrogen and oxygen atoms in total. The number of amides is 2. The van der Waals surface area contributed by atoms with Crippen LogP contribution in [0.1, 0.15) is 51.4 Å². The Hall–Kier alpha value is -2.96. The van der Waals surface area contributed by atoms with Gasteiger partial charge in [-0.25, -0.2) is 0 Å². The van der Waals surface area contributed by atoms with Crippen LogP contribution < -0.4 is 16.2 Å². The van der Waals surface area contributed by atoms with Crippen LogP contribution >= 0.6 is 0 Å². The summed E-state index contributed by atoms with van der Waals surface area (Å²) in [6.45, 7) is 0.484. The third kappa shape index (κ3) is 4.36. The van der Waals surface area contributed by atoms with E-state index in [1.165, 1.54) is 0 Å². The number of aryl methyl sites for hydroxylation is 2. The van der Waals surface area contributed by atoms with E-state index >= 15 is 0 Å². The molecule has 2 aromatic heterocycles. The zero-order valence-electron chi connectivity index (χ0n) is 14.5. The van der Waals surface area contributed by atoms with E-state index in [4.69, 9.17) is 0 Å². The molecule has 0 bridgehead atoms. The molecule has 1 aliphatic carbocycles. The maximum atomic E-state index is 12.3. The molecule has 0 atom stereocenters. The quantitative estimate of drug-likeness (QED) is 0.554. The minimum Gasteiger partial charge on any atom is -0.350 e. The highest BCUT2D eigenvalue weighted by molar-refractivity contribution is 5.94. The predicted octanol–water partition coefficient (Wildman–Crippen LogP) is 1.20. The van der Waals surface area contributed by atoms with Crippen molar-refractivity contribution in [2.75, 3.05) is 13.1 Å². The van der Waals surface area contributed by atoms with Crippen molar-refractivity contribution in [1.29, 1.82) is 0 Å². The third-order valence-electron chi connectivity index (χ3n) is 4.43. The van der Waals surface area contributed by atoms with E-state index in [1.807, 2.05) is 0 Å². The fraction of sp³-hybridized carbons (Fsp3) is 0.368. The van der Waals surface area contributed by atoms with E-state index in [9.17, 15) is 14.4 Å². The first-order valence-corrected chi connectivity index (χ1v) is 8.87. The van der Waals surface area contributed by atoms with Crippen molar-refractivity contribution in [2.45, 2.75) is 32.1 Å². The number of pyridine rings is 2. The second-order valence-corrected chi connectivity index (χ2v) is 6.30. The molecule has 3 N–H and O–H groups in total. The van der Waals surface area contributed by atoms with Crippen molar-refractivity contribution in [1.82, 2.24) is 20.6 Å². The van der Waals surface area contributed by atoms with Crippen molar-refractivity contribution in [3.8, 4) is 0 Å². The van der Waals surface area contributed by atoms with E-state index in [2.05, 4.69) is 20.6 Å². The van der Waals surface area contributed by atoms with Crippen LogP contribution in [0.2, 0.25) is 0 Å². The average molecular weight is 354 g/mol. The van der Waals surface area contributed by atoms with Crippen LogP contribution in [0.3, 0.4) is 0 Å². The maximum absolute atomic E-state index is 12.3. The number of fused-ring (bicyclic) bond motifs is 1. The lowest BCUT2D eigenvalue weighted by atomic mass is 10.1. The molecular formula is C19H22N4O3. The summed E-state index contributed by atoms with van der Waals surface area (Å²) >= 11 is 0. The molecular weight excluding hydrogens is 332 g/mol. The molecule has 3 rings (SSSR count). The molecule has 0 aliphatic heterocycles. The first-order chi connectivity index (χ1) is 12.6. The molecule has 136 valence electrons. The van der Waals surface area contributed by atoms with Crippen molar-refractivity contribution in [2.24, 2.45) is 0 Å². The lowest BCUT2D eigenvalue weighted by molar-refractivity contribution is 0.0924. The number of aromatic amines is 1. The summed E-state index contributed by atoms with van der Waals surface area (Å²) < 4.78 is 0. The van der Waals surface area contributed by atoms with Gasteiger partial charge in [-0.05, 0) is 49.4 Å². The maximum Gasteiger partial charge on any atom is 0.269 e. The minimum absolute atomic E-state index is 0.127. The number of nitrogens with one attached hydrogen (secondary N) is 3. The Morgan fingerprint density at radius 3 is 2.58 bits per heavy atom. The normalized spacial score (nSPS) is 13.4. The summed E-state index contributed by atoms with van der Waals surface area (Å²) in [5.74, 6) is -0.729. The van der Waals surface area contributed by atoms with Gasteiger partial charge in [0.15, 0.2) is 0 Å². The van der Waals surface area contributed by atoms with E-state index in [0.29, 0.717) is 5.69 Å². The molecule has 0 saturated heterocycles. The second-order valence-electron chi connectivity index (χ2n) is 6.30. The number of carbonyl (C=O) groups excluding carboxylic acids is 2. The van der Waals surface area contributed by atoms with Crippen molar-refractivity contribution in [3.05, 3.63) is 63.3 Å². The Labute approximate surface area is 151 Å². The summed E-state index contributed by atoms with van der Waals surface area (Å²) in [6, 6.07) is 6.79. The number of hydrogen-bond acceptors (Lipinski definition) is 4. The highest BCUT2D eigenvalue weighted by Gasteiger charge is 2.16. The zero-order chi connectivity index (χ0) is 18.4. The van der Waals surface area contributed by atoms with Crippen LogP contribution in [-0.2, 0) is 12.8 Å². The van der Waals surface area contributed by atoms with E-state index in [-0.39, 0.29) is 30.1 Å². The number of H-pyrrole nitrogens is 1. The fourth-order valence-corrected chi connectivity index (χ4v) is 3.06. The predicted molar refractivity (Wildman–Crippen MR) is 97.2 cm³/mol. The van der Waals surface area contributed by atoms with Crippen LogP contribution in [0, 0.1) is 0 Å². The van der Waals surface area contributed by atoms with Crippen LogP contribution in [0.25, 0.3) is 0 Å². The molecule has 0 saturated carbocycles. The molecule has 0 radical (unpaired) electrons. The van der Waals surface area contributed by atoms with Gasteiger partial charge in [0.25, 0.3) is 17.4 Å². The lowest BCUT2D eigenvalue weighted by Crippen LogP contribution is -2.37. The van der Waals surface area contributed by atoms with Crippen molar-refractivity contribution < 1.29 is 9.59 Å². The fourth-order valence-electron chi connectivity index (χ4n) is 3.06. The van der Waals surface area contributed by atoms with Crippen molar-refractivity contribution in [3.63, 3.8) is 0 Å². The molecule has 0 fully saturated rings. The first-order valence-electron chi connectivity index (χ1n) is 8.87. The highest BCUT2D eigenvalue weighted by atomic mass is 16.2. The smallest absolute Gasteiger partial charge is 0.269 e. The summed E-state index contributed by atoms with van der Waals surface area (Å²) in [7, 11) is 0. The Bertz CT molecular complexity index is 846. The summed E-state index contributed by atoms with van der Waals surface area (Å²) in [5, 5.41) is 5.35. The van der Waals surface area contributed by atoms with Crippen LogP contribution in [-0.4, -0.2) is 34.9 Å². The van der Waals surface area contributed by atoms with Crippen LogP contribution in [0.15, 0.2) is 35.3 Å². The van der Waals surface area contributed by atoms with Crippen LogP contribution in [0.4, 0.5) is 0 Å². The average Bonchev–Trinajstić information content (AvgIpc) is 2.89. The largest absolute Gasteiger partial charge is 0.350 e. The van der Waals surface area contributed by atoms with Gasteiger partial charge in [0, 0.05) is 25.0 Å². The van der Waals surface area contributed by atoms with Gasteiger partial charge in [-0.1, -0.05) is 12.5 Å². The number of aromatic nitrogens is 2. The summed E-state index contributed by atoms with van der Waals surface area (Å²) in [6.07, 6.45) is 6.54. The third-order valence-corrected chi connectivity index (χ3v) is 4.43.